The van der Waals surface area contributed by atoms with Gasteiger partial charge < -0.3 is 20.1 Å². The molecular formula is C17H24ClFN2O3. The summed E-state index contributed by atoms with van der Waals surface area (Å²) in [5.41, 5.74) is -0.186. The van der Waals surface area contributed by atoms with E-state index in [-0.39, 0.29) is 41.5 Å². The van der Waals surface area contributed by atoms with Gasteiger partial charge in [0.25, 0.3) is 5.91 Å². The molecule has 1 aliphatic rings. The van der Waals surface area contributed by atoms with E-state index in [0.29, 0.717) is 6.54 Å². The second-order valence-corrected chi connectivity index (χ2v) is 6.86. The highest BCUT2D eigenvalue weighted by Crippen LogP contribution is 2.40. The summed E-state index contributed by atoms with van der Waals surface area (Å²) in [6, 6.07) is 4.34. The van der Waals surface area contributed by atoms with Crippen LogP contribution in [-0.2, 0) is 4.79 Å². The number of halogens is 2. The van der Waals surface area contributed by atoms with Gasteiger partial charge in [0.1, 0.15) is 11.6 Å². The predicted molar refractivity (Wildman–Crippen MR) is 90.8 cm³/mol. The summed E-state index contributed by atoms with van der Waals surface area (Å²) in [5, 5.41) is 12.0. The van der Waals surface area contributed by atoms with Crippen LogP contribution in [0.4, 0.5) is 4.39 Å². The van der Waals surface area contributed by atoms with E-state index >= 15 is 0 Å². The van der Waals surface area contributed by atoms with Crippen molar-refractivity contribution in [1.29, 1.82) is 0 Å². The molecule has 1 aromatic carbocycles. The van der Waals surface area contributed by atoms with Gasteiger partial charge in [0, 0.05) is 24.2 Å². The second kappa shape index (κ2) is 8.14. The molecule has 1 amide bonds. The predicted octanol–water partition coefficient (Wildman–Crippen LogP) is 2.21. The monoisotopic (exact) mass is 358 g/mol. The van der Waals surface area contributed by atoms with Gasteiger partial charge in [-0.05, 0) is 45.4 Å². The number of hydrogen-bond acceptors (Lipinski definition) is 4. The first-order chi connectivity index (χ1) is 11.3. The van der Waals surface area contributed by atoms with E-state index in [4.69, 9.17) is 21.4 Å². The number of hydrogen-bond donors (Lipinski definition) is 2. The second-order valence-electron chi connectivity index (χ2n) is 6.45. The van der Waals surface area contributed by atoms with Crippen molar-refractivity contribution in [3.05, 3.63) is 29.0 Å². The summed E-state index contributed by atoms with van der Waals surface area (Å²) in [5.74, 6) is -0.526. The molecule has 1 unspecified atom stereocenters. The Morgan fingerprint density at radius 3 is 2.83 bits per heavy atom. The standard InChI is InChI=1S/C17H24ClFN2O3/c1-12(21(2)7-8-22)10-17(5-6-17)20-16(23)11-24-13-3-4-14(18)15(19)9-13/h3-4,9,12,22H,5-8,10-11H2,1-2H3,(H,20,23). The minimum Gasteiger partial charge on any atom is -0.484 e. The minimum absolute atomic E-state index is 0.0183. The van der Waals surface area contributed by atoms with Crippen LogP contribution in [0.5, 0.6) is 5.75 Å². The molecule has 0 aromatic heterocycles. The fourth-order valence-corrected chi connectivity index (χ4v) is 2.80. The lowest BCUT2D eigenvalue weighted by molar-refractivity contribution is -0.124. The van der Waals surface area contributed by atoms with E-state index in [2.05, 4.69) is 17.1 Å². The molecule has 2 rings (SSSR count). The van der Waals surface area contributed by atoms with Gasteiger partial charge in [0.15, 0.2) is 6.61 Å². The molecule has 0 saturated heterocycles. The van der Waals surface area contributed by atoms with E-state index in [9.17, 15) is 9.18 Å². The number of rotatable bonds is 9. The number of ether oxygens (including phenoxy) is 1. The Morgan fingerprint density at radius 2 is 2.25 bits per heavy atom. The Kier molecular flexibility index (Phi) is 6.43. The Hall–Kier alpha value is -1.37. The highest BCUT2D eigenvalue weighted by atomic mass is 35.5. The average molecular weight is 359 g/mol. The number of aliphatic hydroxyl groups is 1. The molecular weight excluding hydrogens is 335 g/mol. The molecule has 0 bridgehead atoms. The van der Waals surface area contributed by atoms with Crippen LogP contribution < -0.4 is 10.1 Å². The molecule has 1 aromatic rings. The summed E-state index contributed by atoms with van der Waals surface area (Å²) in [7, 11) is 1.96. The van der Waals surface area contributed by atoms with Gasteiger partial charge in [-0.2, -0.15) is 0 Å². The van der Waals surface area contributed by atoms with Crippen molar-refractivity contribution in [3.63, 3.8) is 0 Å². The van der Waals surface area contributed by atoms with Crippen LogP contribution in [0.2, 0.25) is 5.02 Å². The zero-order valence-electron chi connectivity index (χ0n) is 14.0. The molecule has 1 aliphatic carbocycles. The quantitative estimate of drug-likeness (QED) is 0.710. The van der Waals surface area contributed by atoms with Crippen molar-refractivity contribution in [2.45, 2.75) is 37.8 Å². The molecule has 0 heterocycles. The first kappa shape index (κ1) is 19.0. The van der Waals surface area contributed by atoms with E-state index in [1.54, 1.807) is 0 Å². The Morgan fingerprint density at radius 1 is 1.54 bits per heavy atom. The topological polar surface area (TPSA) is 61.8 Å². The van der Waals surface area contributed by atoms with Crippen molar-refractivity contribution >= 4 is 17.5 Å². The van der Waals surface area contributed by atoms with E-state index in [0.717, 1.165) is 25.3 Å². The van der Waals surface area contributed by atoms with Gasteiger partial charge >= 0.3 is 0 Å². The maximum absolute atomic E-state index is 13.3. The van der Waals surface area contributed by atoms with Gasteiger partial charge in [0.05, 0.1) is 11.6 Å². The molecule has 1 fully saturated rings. The van der Waals surface area contributed by atoms with Gasteiger partial charge in [-0.1, -0.05) is 11.6 Å². The molecule has 5 nitrogen and oxygen atoms in total. The maximum atomic E-state index is 13.3. The largest absolute Gasteiger partial charge is 0.484 e. The van der Waals surface area contributed by atoms with Crippen LogP contribution in [0.25, 0.3) is 0 Å². The first-order valence-electron chi connectivity index (χ1n) is 8.05. The summed E-state index contributed by atoms with van der Waals surface area (Å²) < 4.78 is 18.6. The Bertz CT molecular complexity index is 581. The normalized spacial score (nSPS) is 16.8. The van der Waals surface area contributed by atoms with Gasteiger partial charge in [0.2, 0.25) is 0 Å². The lowest BCUT2D eigenvalue weighted by atomic mass is 10.1. The lowest BCUT2D eigenvalue weighted by Crippen LogP contribution is -2.44. The number of amides is 1. The van der Waals surface area contributed by atoms with Crippen LogP contribution >= 0.6 is 11.6 Å². The molecule has 24 heavy (non-hydrogen) atoms. The summed E-state index contributed by atoms with van der Waals surface area (Å²) in [6.45, 7) is 2.64. The number of carbonyl (C=O) groups excluding carboxylic acids is 1. The number of likely N-dealkylation sites (N-methyl/N-ethyl adjacent to an activating group) is 1. The zero-order chi connectivity index (χ0) is 17.7. The molecule has 0 aliphatic heterocycles. The lowest BCUT2D eigenvalue weighted by Gasteiger charge is -2.28. The Balaban J connectivity index is 1.80. The SMILES string of the molecule is CC(CC1(NC(=O)COc2ccc(Cl)c(F)c2)CC1)N(C)CCO. The number of nitrogens with zero attached hydrogens (tertiary/aromatic N) is 1. The van der Waals surface area contributed by atoms with Crippen molar-refractivity contribution in [2.24, 2.45) is 0 Å². The van der Waals surface area contributed by atoms with Crippen molar-refractivity contribution in [1.82, 2.24) is 10.2 Å². The molecule has 2 N–H and O–H groups in total. The molecule has 134 valence electrons. The molecule has 1 saturated carbocycles. The van der Waals surface area contributed by atoms with E-state index < -0.39 is 5.82 Å². The van der Waals surface area contributed by atoms with Crippen LogP contribution in [-0.4, -0.2) is 54.3 Å². The van der Waals surface area contributed by atoms with Gasteiger partial charge in [-0.15, -0.1) is 0 Å². The molecule has 0 radical (unpaired) electrons. The van der Waals surface area contributed by atoms with Crippen molar-refractivity contribution < 1.29 is 19.0 Å². The Labute approximate surface area is 146 Å². The number of benzene rings is 1. The van der Waals surface area contributed by atoms with E-state index in [1.165, 1.54) is 12.1 Å². The van der Waals surface area contributed by atoms with Crippen LogP contribution in [0.3, 0.4) is 0 Å². The third-order valence-corrected chi connectivity index (χ3v) is 4.72. The minimum atomic E-state index is -0.575. The smallest absolute Gasteiger partial charge is 0.258 e. The third-order valence-electron chi connectivity index (χ3n) is 4.41. The van der Waals surface area contributed by atoms with Crippen LogP contribution in [0.1, 0.15) is 26.2 Å². The fourth-order valence-electron chi connectivity index (χ4n) is 2.68. The molecule has 7 heteroatoms. The third kappa shape index (κ3) is 5.33. The van der Waals surface area contributed by atoms with Crippen molar-refractivity contribution in [3.8, 4) is 5.75 Å². The molecule has 1 atom stereocenters. The maximum Gasteiger partial charge on any atom is 0.258 e. The highest BCUT2D eigenvalue weighted by Gasteiger charge is 2.45. The zero-order valence-corrected chi connectivity index (χ0v) is 14.8. The summed E-state index contributed by atoms with van der Waals surface area (Å²) >= 11 is 5.61. The highest BCUT2D eigenvalue weighted by molar-refractivity contribution is 6.30. The number of carbonyl (C=O) groups is 1. The van der Waals surface area contributed by atoms with Gasteiger partial charge in [-0.3, -0.25) is 4.79 Å². The van der Waals surface area contributed by atoms with Crippen LogP contribution in [0, 0.1) is 5.82 Å². The first-order valence-corrected chi connectivity index (χ1v) is 8.43. The molecule has 0 spiro atoms. The van der Waals surface area contributed by atoms with Crippen molar-refractivity contribution in [2.75, 3.05) is 26.8 Å². The average Bonchev–Trinajstić information content (AvgIpc) is 3.27. The number of aliphatic hydroxyl groups excluding tert-OH is 1. The summed E-state index contributed by atoms with van der Waals surface area (Å²) in [4.78, 5) is 14.2. The summed E-state index contributed by atoms with van der Waals surface area (Å²) in [6.07, 6.45) is 2.70. The fraction of sp³-hybridized carbons (Fsp3) is 0.588. The van der Waals surface area contributed by atoms with E-state index in [1.807, 2.05) is 7.05 Å². The number of nitrogens with one attached hydrogen (secondary N) is 1. The van der Waals surface area contributed by atoms with Crippen LogP contribution in [0.15, 0.2) is 18.2 Å². The van der Waals surface area contributed by atoms with Gasteiger partial charge in [-0.25, -0.2) is 4.39 Å².